The number of rotatable bonds is 4. The molecular formula is C12H15Cl2N3. The minimum atomic E-state index is 0.395. The van der Waals surface area contributed by atoms with Gasteiger partial charge in [0.25, 0.3) is 0 Å². The molecule has 1 heterocycles. The number of hydrogen-bond donors (Lipinski definition) is 2. The molecule has 0 aliphatic rings. The van der Waals surface area contributed by atoms with Gasteiger partial charge in [0, 0.05) is 12.5 Å². The normalized spacial score (nSPS) is 13.2. The van der Waals surface area contributed by atoms with Crippen molar-refractivity contribution in [1.82, 2.24) is 15.3 Å². The predicted molar refractivity (Wildman–Crippen MR) is 73.0 cm³/mol. The Morgan fingerprint density at radius 2 is 2.06 bits per heavy atom. The number of halogens is 2. The van der Waals surface area contributed by atoms with Crippen LogP contribution in [0.4, 0.5) is 0 Å². The van der Waals surface area contributed by atoms with Crippen molar-refractivity contribution in [3.05, 3.63) is 28.0 Å². The van der Waals surface area contributed by atoms with E-state index < -0.39 is 0 Å². The van der Waals surface area contributed by atoms with E-state index >= 15 is 0 Å². The van der Waals surface area contributed by atoms with Gasteiger partial charge in [0.2, 0.25) is 0 Å². The van der Waals surface area contributed by atoms with Crippen molar-refractivity contribution in [2.75, 3.05) is 6.54 Å². The Hall–Kier alpha value is -0.770. The lowest BCUT2D eigenvalue weighted by atomic mass is 10.2. The molecule has 0 radical (unpaired) electrons. The number of aromatic nitrogens is 2. The fraction of sp³-hybridized carbons (Fsp3) is 0.417. The summed E-state index contributed by atoms with van der Waals surface area (Å²) < 4.78 is 0. The molecule has 0 saturated heterocycles. The third kappa shape index (κ3) is 2.92. The van der Waals surface area contributed by atoms with Crippen LogP contribution in [0.15, 0.2) is 12.1 Å². The van der Waals surface area contributed by atoms with Crippen LogP contribution in [-0.2, 0) is 6.42 Å². The third-order valence-corrected chi connectivity index (χ3v) is 3.35. The average Bonchev–Trinajstić information content (AvgIpc) is 2.60. The van der Waals surface area contributed by atoms with Gasteiger partial charge in [-0.1, -0.05) is 30.1 Å². The molecule has 3 nitrogen and oxygen atoms in total. The lowest BCUT2D eigenvalue weighted by Crippen LogP contribution is -2.27. The second kappa shape index (κ2) is 5.25. The van der Waals surface area contributed by atoms with Crippen LogP contribution in [0, 0.1) is 0 Å². The van der Waals surface area contributed by atoms with Gasteiger partial charge < -0.3 is 10.3 Å². The summed E-state index contributed by atoms with van der Waals surface area (Å²) in [5.41, 5.74) is 1.79. The molecule has 0 amide bonds. The van der Waals surface area contributed by atoms with E-state index in [0.29, 0.717) is 16.1 Å². The van der Waals surface area contributed by atoms with E-state index in [0.717, 1.165) is 29.8 Å². The Morgan fingerprint density at radius 1 is 1.35 bits per heavy atom. The SMILES string of the molecule is CCNC(C)Cc1nc2cc(Cl)c(Cl)cc2[nH]1. The Labute approximate surface area is 111 Å². The summed E-state index contributed by atoms with van der Waals surface area (Å²) in [5.74, 6) is 0.951. The van der Waals surface area contributed by atoms with Gasteiger partial charge in [-0.15, -0.1) is 0 Å². The largest absolute Gasteiger partial charge is 0.342 e. The zero-order valence-electron chi connectivity index (χ0n) is 9.85. The molecule has 0 saturated carbocycles. The molecule has 1 unspecified atom stereocenters. The molecule has 2 N–H and O–H groups in total. The molecular weight excluding hydrogens is 257 g/mol. The van der Waals surface area contributed by atoms with Crippen LogP contribution in [0.2, 0.25) is 10.0 Å². The number of aromatic amines is 1. The zero-order chi connectivity index (χ0) is 12.4. The number of fused-ring (bicyclic) bond motifs is 1. The summed E-state index contributed by atoms with van der Waals surface area (Å²) in [7, 11) is 0. The number of H-pyrrole nitrogens is 1. The quantitative estimate of drug-likeness (QED) is 0.895. The monoisotopic (exact) mass is 271 g/mol. The van der Waals surface area contributed by atoms with E-state index in [1.807, 2.05) is 6.07 Å². The highest BCUT2D eigenvalue weighted by atomic mass is 35.5. The van der Waals surface area contributed by atoms with E-state index in [9.17, 15) is 0 Å². The number of imidazole rings is 1. The summed E-state index contributed by atoms with van der Waals surface area (Å²) >= 11 is 11.9. The Kier molecular flexibility index (Phi) is 3.92. The maximum absolute atomic E-state index is 5.96. The lowest BCUT2D eigenvalue weighted by Gasteiger charge is -2.09. The van der Waals surface area contributed by atoms with E-state index in [2.05, 4.69) is 29.1 Å². The standard InChI is InChI=1S/C12H15Cl2N3/c1-3-15-7(2)4-12-16-10-5-8(13)9(14)6-11(10)17-12/h5-7,15H,3-4H2,1-2H3,(H,16,17). The molecule has 1 aromatic carbocycles. The first-order chi connectivity index (χ1) is 8.10. The van der Waals surface area contributed by atoms with Crippen LogP contribution in [0.25, 0.3) is 11.0 Å². The number of hydrogen-bond acceptors (Lipinski definition) is 2. The summed E-state index contributed by atoms with van der Waals surface area (Å²) in [6, 6.07) is 4.00. The second-order valence-electron chi connectivity index (χ2n) is 4.13. The summed E-state index contributed by atoms with van der Waals surface area (Å²) in [4.78, 5) is 7.76. The summed E-state index contributed by atoms with van der Waals surface area (Å²) in [5, 5.41) is 4.44. The Bertz CT molecular complexity index is 483. The van der Waals surface area contributed by atoms with E-state index in [-0.39, 0.29) is 0 Å². The minimum absolute atomic E-state index is 0.395. The molecule has 1 aromatic heterocycles. The Balaban J connectivity index is 2.25. The molecule has 92 valence electrons. The van der Waals surface area contributed by atoms with Crippen molar-refractivity contribution in [2.24, 2.45) is 0 Å². The fourth-order valence-corrected chi connectivity index (χ4v) is 2.19. The van der Waals surface area contributed by atoms with Crippen molar-refractivity contribution in [1.29, 1.82) is 0 Å². The topological polar surface area (TPSA) is 40.7 Å². The van der Waals surface area contributed by atoms with Gasteiger partial charge in [-0.25, -0.2) is 4.98 Å². The van der Waals surface area contributed by atoms with E-state index in [1.165, 1.54) is 0 Å². The zero-order valence-corrected chi connectivity index (χ0v) is 11.4. The molecule has 2 rings (SSSR count). The van der Waals surface area contributed by atoms with Crippen molar-refractivity contribution in [3.8, 4) is 0 Å². The van der Waals surface area contributed by atoms with Gasteiger partial charge in [-0.05, 0) is 25.6 Å². The van der Waals surface area contributed by atoms with Gasteiger partial charge in [0.15, 0.2) is 0 Å². The van der Waals surface area contributed by atoms with Crippen LogP contribution in [0.5, 0.6) is 0 Å². The van der Waals surface area contributed by atoms with Gasteiger partial charge in [0.1, 0.15) is 5.82 Å². The smallest absolute Gasteiger partial charge is 0.108 e. The first-order valence-electron chi connectivity index (χ1n) is 5.67. The third-order valence-electron chi connectivity index (χ3n) is 2.63. The van der Waals surface area contributed by atoms with Crippen molar-refractivity contribution in [2.45, 2.75) is 26.3 Å². The minimum Gasteiger partial charge on any atom is -0.342 e. The van der Waals surface area contributed by atoms with Gasteiger partial charge in [-0.2, -0.15) is 0 Å². The van der Waals surface area contributed by atoms with Gasteiger partial charge in [-0.3, -0.25) is 0 Å². The van der Waals surface area contributed by atoms with Gasteiger partial charge >= 0.3 is 0 Å². The predicted octanol–water partition coefficient (Wildman–Crippen LogP) is 3.41. The molecule has 1 atom stereocenters. The molecule has 17 heavy (non-hydrogen) atoms. The van der Waals surface area contributed by atoms with Crippen molar-refractivity contribution >= 4 is 34.2 Å². The van der Waals surface area contributed by atoms with Gasteiger partial charge in [0.05, 0.1) is 21.1 Å². The molecule has 5 heteroatoms. The van der Waals surface area contributed by atoms with Crippen LogP contribution in [0.3, 0.4) is 0 Å². The van der Waals surface area contributed by atoms with Crippen LogP contribution >= 0.6 is 23.2 Å². The van der Waals surface area contributed by atoms with E-state index in [4.69, 9.17) is 23.2 Å². The van der Waals surface area contributed by atoms with Crippen LogP contribution in [-0.4, -0.2) is 22.6 Å². The number of nitrogens with zero attached hydrogens (tertiary/aromatic N) is 1. The summed E-state index contributed by atoms with van der Waals surface area (Å²) in [6.07, 6.45) is 0.859. The molecule has 0 aliphatic carbocycles. The highest BCUT2D eigenvalue weighted by Gasteiger charge is 2.09. The first kappa shape index (κ1) is 12.7. The first-order valence-corrected chi connectivity index (χ1v) is 6.42. The molecule has 0 aliphatic heterocycles. The maximum Gasteiger partial charge on any atom is 0.108 e. The van der Waals surface area contributed by atoms with E-state index in [1.54, 1.807) is 6.07 Å². The molecule has 0 bridgehead atoms. The number of benzene rings is 1. The molecule has 0 spiro atoms. The lowest BCUT2D eigenvalue weighted by molar-refractivity contribution is 0.555. The molecule has 2 aromatic rings. The average molecular weight is 272 g/mol. The maximum atomic E-state index is 5.96. The number of likely N-dealkylation sites (N-methyl/N-ethyl adjacent to an activating group) is 1. The second-order valence-corrected chi connectivity index (χ2v) is 4.94. The van der Waals surface area contributed by atoms with Crippen LogP contribution < -0.4 is 5.32 Å². The fourth-order valence-electron chi connectivity index (χ4n) is 1.87. The van der Waals surface area contributed by atoms with Crippen molar-refractivity contribution < 1.29 is 0 Å². The highest BCUT2D eigenvalue weighted by molar-refractivity contribution is 6.42. The molecule has 0 fully saturated rings. The Morgan fingerprint density at radius 3 is 2.76 bits per heavy atom. The summed E-state index contributed by atoms with van der Waals surface area (Å²) in [6.45, 7) is 5.18. The highest BCUT2D eigenvalue weighted by Crippen LogP contribution is 2.26. The van der Waals surface area contributed by atoms with Crippen LogP contribution in [0.1, 0.15) is 19.7 Å². The number of nitrogens with one attached hydrogen (secondary N) is 2. The van der Waals surface area contributed by atoms with Crippen molar-refractivity contribution in [3.63, 3.8) is 0 Å².